The van der Waals surface area contributed by atoms with Gasteiger partial charge in [0.1, 0.15) is 0 Å². The highest BCUT2D eigenvalue weighted by molar-refractivity contribution is 6.07. The van der Waals surface area contributed by atoms with Crippen molar-refractivity contribution in [2.45, 2.75) is 64.7 Å². The van der Waals surface area contributed by atoms with E-state index in [4.69, 9.17) is 0 Å². The van der Waals surface area contributed by atoms with Crippen LogP contribution in [0.2, 0.25) is 0 Å². The number of rotatable bonds is 17. The number of fused-ring (bicyclic) bond motifs is 13. The van der Waals surface area contributed by atoms with E-state index in [1.807, 2.05) is 0 Å². The molecule has 0 saturated carbocycles. The average molecular weight is 1910 g/mol. The topological polar surface area (TPSA) is 9.72 Å². The first kappa shape index (κ1) is 91.9. The van der Waals surface area contributed by atoms with Crippen molar-refractivity contribution in [2.24, 2.45) is 0 Å². The van der Waals surface area contributed by atoms with Crippen LogP contribution < -0.4 is 14.7 Å². The monoisotopic (exact) mass is 1910 g/mol. The molecule has 3 heteroatoms. The first-order valence-corrected chi connectivity index (χ1v) is 52.0. The Morgan fingerprint density at radius 3 is 0.711 bits per heavy atom. The molecule has 710 valence electrons. The molecule has 0 atom stereocenters. The quantitative estimate of drug-likeness (QED) is 0.0900. The van der Waals surface area contributed by atoms with E-state index < -0.39 is 0 Å². The first-order chi connectivity index (χ1) is 73.0. The van der Waals surface area contributed by atoms with Gasteiger partial charge in [-0.15, -0.1) is 0 Å². The van der Waals surface area contributed by atoms with Gasteiger partial charge in [0.2, 0.25) is 0 Å². The molecular weight excluding hydrogens is 1800 g/mol. The van der Waals surface area contributed by atoms with Gasteiger partial charge in [-0.25, -0.2) is 0 Å². The van der Waals surface area contributed by atoms with Gasteiger partial charge >= 0.3 is 0 Å². The lowest BCUT2D eigenvalue weighted by Crippen LogP contribution is -2.17. The van der Waals surface area contributed by atoms with E-state index in [0.29, 0.717) is 0 Å². The van der Waals surface area contributed by atoms with E-state index in [1.165, 1.54) is 227 Å². The van der Waals surface area contributed by atoms with Crippen molar-refractivity contribution in [1.29, 1.82) is 0 Å². The van der Waals surface area contributed by atoms with Crippen molar-refractivity contribution in [3.63, 3.8) is 0 Å². The normalized spacial score (nSPS) is 12.8. The molecule has 0 aliphatic heterocycles. The molecule has 0 unspecified atom stereocenters. The standard InChI is InChI=1S/C52H41N.2C47H35N/c1-36-17-26-45(27-18-36)53(46-28-23-41(24-29-46)43-16-10-15-42(33-43)38-13-8-5-9-14-38)47-30-32-49-48-31-25-44(34-50(48)52(2,3)51(49)35-47)40-21-19-39(20-22-40)37-11-6-4-7-12-37;1-47(2)43-30-37(34-24-22-33(23-25-34)32-12-4-3-5-13-32)26-28-41(43)42-29-27-38(31-44(42)47)48(45-20-10-16-35-14-6-8-18-39(35)45)46-21-11-17-36-15-7-9-19-40(36)46;1-47(2)44-30-38(35-21-19-34(20-22-35)32-11-4-3-5-12-32)24-27-42(44)43-28-26-40(31-45(43)47)48(39-25-23-33-13-6-7-15-37(33)29-39)46-18-10-16-36-14-8-9-17-41(36)46/h4-35H,1-3H3;2*3-31H,1-2H3. The predicted octanol–water partition coefficient (Wildman–Crippen LogP) is 40.6. The smallest absolute Gasteiger partial charge is 0.0540 e. The fourth-order valence-electron chi connectivity index (χ4n) is 23.4. The molecule has 3 nitrogen and oxygen atoms in total. The Morgan fingerprint density at radius 2 is 0.349 bits per heavy atom. The maximum absolute atomic E-state index is 2.46. The number of anilines is 9. The van der Waals surface area contributed by atoms with Crippen LogP contribution in [-0.2, 0) is 16.2 Å². The molecule has 27 rings (SSSR count). The maximum atomic E-state index is 2.46. The third-order valence-electron chi connectivity index (χ3n) is 31.5. The van der Waals surface area contributed by atoms with Gasteiger partial charge in [0.15, 0.2) is 0 Å². The summed E-state index contributed by atoms with van der Waals surface area (Å²) in [6, 6.07) is 200. The number of aryl methyl sites for hydroxylation is 1. The summed E-state index contributed by atoms with van der Waals surface area (Å²) in [5, 5.41) is 9.89. The molecule has 149 heavy (non-hydrogen) atoms. The van der Waals surface area contributed by atoms with E-state index in [2.05, 4.69) is 609 Å². The van der Waals surface area contributed by atoms with Crippen LogP contribution in [0.25, 0.3) is 165 Å². The molecule has 0 N–H and O–H groups in total. The summed E-state index contributed by atoms with van der Waals surface area (Å²) in [6.07, 6.45) is 0. The molecule has 0 heterocycles. The predicted molar refractivity (Wildman–Crippen MR) is 634 cm³/mol. The van der Waals surface area contributed by atoms with Crippen LogP contribution >= 0.6 is 0 Å². The Balaban J connectivity index is 0.000000116. The van der Waals surface area contributed by atoms with Gasteiger partial charge in [-0.1, -0.05) is 478 Å². The number of hydrogen-bond donors (Lipinski definition) is 0. The van der Waals surface area contributed by atoms with Crippen molar-refractivity contribution in [3.8, 4) is 122 Å². The highest BCUT2D eigenvalue weighted by Crippen LogP contribution is 2.57. The van der Waals surface area contributed by atoms with Crippen molar-refractivity contribution in [2.75, 3.05) is 14.7 Å². The van der Waals surface area contributed by atoms with E-state index in [-0.39, 0.29) is 16.2 Å². The summed E-state index contributed by atoms with van der Waals surface area (Å²) in [7, 11) is 0. The van der Waals surface area contributed by atoms with Gasteiger partial charge in [-0.2, -0.15) is 0 Å². The second-order valence-electron chi connectivity index (χ2n) is 41.5. The second kappa shape index (κ2) is 38.4. The molecule has 24 aromatic rings. The van der Waals surface area contributed by atoms with Gasteiger partial charge in [0.25, 0.3) is 0 Å². The van der Waals surface area contributed by atoms with Gasteiger partial charge in [-0.3, -0.25) is 0 Å². The van der Waals surface area contributed by atoms with Crippen LogP contribution in [0.15, 0.2) is 546 Å². The van der Waals surface area contributed by atoms with Gasteiger partial charge in [0.05, 0.1) is 17.1 Å². The summed E-state index contributed by atoms with van der Waals surface area (Å²) in [5.41, 5.74) is 47.1. The minimum Gasteiger partial charge on any atom is -0.310 e. The summed E-state index contributed by atoms with van der Waals surface area (Å²) in [4.78, 5) is 7.29. The zero-order valence-corrected chi connectivity index (χ0v) is 84.8. The summed E-state index contributed by atoms with van der Waals surface area (Å²) < 4.78 is 0. The molecule has 3 aliphatic rings. The molecule has 0 saturated heterocycles. The van der Waals surface area contributed by atoms with Crippen molar-refractivity contribution >= 4 is 94.3 Å². The number of hydrogen-bond acceptors (Lipinski definition) is 3. The summed E-state index contributed by atoms with van der Waals surface area (Å²) >= 11 is 0. The third kappa shape index (κ3) is 17.2. The van der Waals surface area contributed by atoms with Crippen molar-refractivity contribution < 1.29 is 0 Å². The minimum atomic E-state index is -0.163. The lowest BCUT2D eigenvalue weighted by molar-refractivity contribution is 0.660. The van der Waals surface area contributed by atoms with Gasteiger partial charge < -0.3 is 14.7 Å². The van der Waals surface area contributed by atoms with Crippen LogP contribution in [0, 0.1) is 6.92 Å². The van der Waals surface area contributed by atoms with Gasteiger partial charge in [-0.05, 0) is 305 Å². The molecule has 3 aliphatic carbocycles. The van der Waals surface area contributed by atoms with Crippen LogP contribution in [-0.4, -0.2) is 0 Å². The fourth-order valence-corrected chi connectivity index (χ4v) is 23.4. The molecular formula is C146H111N3. The molecule has 0 spiro atoms. The SMILES string of the molecule is CC1(C)c2cc(-c3ccc(-c4ccccc4)cc3)ccc2-c2ccc(N(c3ccc4ccccc4c3)c3cccc4ccccc34)cc21.CC1(C)c2cc(-c3ccc(-c4ccccc4)cc3)ccc2-c2ccc(N(c3cccc4ccccc34)c3cccc4ccccc34)cc21.Cc1ccc(N(c2ccc(-c3cccc(-c4ccccc4)c3)cc2)c2ccc3c(c2)C(C)(C)c2cc(-c4ccc(-c5ccccc5)cc4)ccc2-3)cc1. The zero-order chi connectivity index (χ0) is 100. The lowest BCUT2D eigenvalue weighted by atomic mass is 9.81. The largest absolute Gasteiger partial charge is 0.310 e. The Bertz CT molecular complexity index is 9080. The summed E-state index contributed by atoms with van der Waals surface area (Å²) in [6.45, 7) is 16.4. The van der Waals surface area contributed by atoms with Gasteiger partial charge in [0, 0.05) is 66.5 Å². The minimum absolute atomic E-state index is 0.158. The van der Waals surface area contributed by atoms with Crippen molar-refractivity contribution in [1.82, 2.24) is 0 Å². The van der Waals surface area contributed by atoms with E-state index in [1.54, 1.807) is 0 Å². The Labute approximate surface area is 874 Å². The summed E-state index contributed by atoms with van der Waals surface area (Å²) in [5.74, 6) is 0. The van der Waals surface area contributed by atoms with Crippen molar-refractivity contribution in [3.05, 3.63) is 585 Å². The average Bonchev–Trinajstić information content (AvgIpc) is 1.58. The van der Waals surface area contributed by atoms with E-state index in [0.717, 1.165) is 28.4 Å². The number of benzene rings is 24. The Morgan fingerprint density at radius 1 is 0.134 bits per heavy atom. The molecule has 24 aromatic carbocycles. The fraction of sp³-hybridized carbons (Fsp3) is 0.0685. The molecule has 0 radical (unpaired) electrons. The third-order valence-corrected chi connectivity index (χ3v) is 31.5. The van der Waals surface area contributed by atoms with Crippen LogP contribution in [0.5, 0.6) is 0 Å². The van der Waals surface area contributed by atoms with Crippen LogP contribution in [0.3, 0.4) is 0 Å². The van der Waals surface area contributed by atoms with E-state index >= 15 is 0 Å². The highest BCUT2D eigenvalue weighted by atomic mass is 15.2. The van der Waals surface area contributed by atoms with E-state index in [9.17, 15) is 0 Å². The Hall–Kier alpha value is -18.3. The molecule has 0 fully saturated rings. The Kier molecular flexibility index (Phi) is 23.7. The van der Waals surface area contributed by atoms with Crippen LogP contribution in [0.1, 0.15) is 80.5 Å². The number of nitrogens with zero attached hydrogens (tertiary/aromatic N) is 3. The molecule has 0 bridgehead atoms. The van der Waals surface area contributed by atoms with Crippen LogP contribution in [0.4, 0.5) is 51.2 Å². The zero-order valence-electron chi connectivity index (χ0n) is 84.8. The molecule has 0 aromatic heterocycles. The second-order valence-corrected chi connectivity index (χ2v) is 41.5. The molecule has 0 amide bonds. The highest BCUT2D eigenvalue weighted by Gasteiger charge is 2.41. The lowest BCUT2D eigenvalue weighted by Gasteiger charge is -2.30. The first-order valence-electron chi connectivity index (χ1n) is 52.0. The maximum Gasteiger partial charge on any atom is 0.0540 e.